The van der Waals surface area contributed by atoms with Crippen molar-refractivity contribution in [2.45, 2.75) is 32.0 Å². The lowest BCUT2D eigenvalue weighted by Gasteiger charge is -2.22. The van der Waals surface area contributed by atoms with Gasteiger partial charge < -0.3 is 5.73 Å². The Morgan fingerprint density at radius 2 is 1.40 bits per heavy atom. The Hall–Kier alpha value is -1.51. The molecule has 0 unspecified atom stereocenters. The van der Waals surface area contributed by atoms with Gasteiger partial charge in [0.2, 0.25) is 0 Å². The monoisotopic (exact) mass is 286 g/mol. The predicted molar refractivity (Wildman–Crippen MR) is 84.6 cm³/mol. The van der Waals surface area contributed by atoms with Gasteiger partial charge in [0.1, 0.15) is 0 Å². The molecule has 1 saturated carbocycles. The maximum Gasteiger partial charge on any atom is 0.0406 e. The average Bonchev–Trinajstić information content (AvgIpc) is 3.27. The van der Waals surface area contributed by atoms with Crippen LogP contribution in [0.25, 0.3) is 0 Å². The van der Waals surface area contributed by atoms with E-state index in [1.54, 1.807) is 0 Å². The van der Waals surface area contributed by atoms with Crippen LogP contribution in [0.5, 0.6) is 0 Å². The van der Waals surface area contributed by atoms with Crippen LogP contribution < -0.4 is 5.73 Å². The molecule has 0 heterocycles. The van der Waals surface area contributed by atoms with Crippen LogP contribution in [-0.2, 0) is 13.1 Å². The Labute approximate surface area is 125 Å². The molecule has 0 aliphatic heterocycles. The molecule has 0 bridgehead atoms. The maximum atomic E-state index is 5.94. The molecule has 0 spiro atoms. The summed E-state index contributed by atoms with van der Waals surface area (Å²) in [4.78, 5) is 2.54. The van der Waals surface area contributed by atoms with Gasteiger partial charge in [0.05, 0.1) is 0 Å². The molecule has 0 aromatic heterocycles. The topological polar surface area (TPSA) is 29.3 Å². The molecular weight excluding hydrogens is 268 g/mol. The van der Waals surface area contributed by atoms with Crippen LogP contribution in [0, 0.1) is 0 Å². The zero-order valence-electron chi connectivity index (χ0n) is 11.4. The Morgan fingerprint density at radius 1 is 0.900 bits per heavy atom. The van der Waals surface area contributed by atoms with Gasteiger partial charge >= 0.3 is 0 Å². The molecule has 20 heavy (non-hydrogen) atoms. The zero-order valence-corrected chi connectivity index (χ0v) is 12.2. The Bertz CT molecular complexity index is 511. The van der Waals surface area contributed by atoms with E-state index in [-0.39, 0.29) is 0 Å². The van der Waals surface area contributed by atoms with E-state index in [2.05, 4.69) is 29.2 Å². The van der Waals surface area contributed by atoms with Crippen LogP contribution in [0.15, 0.2) is 48.5 Å². The second kappa shape index (κ2) is 5.86. The molecule has 0 amide bonds. The highest BCUT2D eigenvalue weighted by Crippen LogP contribution is 2.30. The number of nitrogens with two attached hydrogens (primary N) is 1. The number of halogens is 1. The van der Waals surface area contributed by atoms with Crippen molar-refractivity contribution < 1.29 is 0 Å². The summed E-state index contributed by atoms with van der Waals surface area (Å²) in [6.45, 7) is 1.96. The van der Waals surface area contributed by atoms with Crippen LogP contribution >= 0.6 is 11.6 Å². The third-order valence-electron chi connectivity index (χ3n) is 3.73. The largest absolute Gasteiger partial charge is 0.399 e. The van der Waals surface area contributed by atoms with E-state index in [4.69, 9.17) is 17.3 Å². The molecule has 0 atom stereocenters. The quantitative estimate of drug-likeness (QED) is 0.839. The highest BCUT2D eigenvalue weighted by molar-refractivity contribution is 6.30. The van der Waals surface area contributed by atoms with Gasteiger partial charge in [-0.05, 0) is 48.2 Å². The Morgan fingerprint density at radius 3 is 1.90 bits per heavy atom. The van der Waals surface area contributed by atoms with E-state index in [1.807, 2.05) is 24.3 Å². The van der Waals surface area contributed by atoms with Gasteiger partial charge in [0.15, 0.2) is 0 Å². The minimum atomic E-state index is 0.725. The van der Waals surface area contributed by atoms with Crippen LogP contribution in [0.3, 0.4) is 0 Å². The van der Waals surface area contributed by atoms with E-state index in [0.29, 0.717) is 0 Å². The molecule has 2 nitrogen and oxygen atoms in total. The van der Waals surface area contributed by atoms with E-state index >= 15 is 0 Å². The first-order chi connectivity index (χ1) is 9.70. The van der Waals surface area contributed by atoms with Crippen LogP contribution in [0.2, 0.25) is 5.02 Å². The summed E-state index contributed by atoms with van der Waals surface area (Å²) in [5.41, 5.74) is 9.20. The van der Waals surface area contributed by atoms with Crippen molar-refractivity contribution in [3.63, 3.8) is 0 Å². The lowest BCUT2D eigenvalue weighted by atomic mass is 10.1. The SMILES string of the molecule is Nc1ccc(CN(Cc2ccc(Cl)cc2)C2CC2)cc1. The first kappa shape index (κ1) is 13.5. The third-order valence-corrected chi connectivity index (χ3v) is 3.98. The summed E-state index contributed by atoms with van der Waals surface area (Å²) in [5, 5.41) is 0.797. The van der Waals surface area contributed by atoms with Crippen molar-refractivity contribution in [3.8, 4) is 0 Å². The van der Waals surface area contributed by atoms with Gasteiger partial charge in [-0.3, -0.25) is 4.90 Å². The Balaban J connectivity index is 1.69. The summed E-state index contributed by atoms with van der Waals surface area (Å²) >= 11 is 5.94. The number of nitrogens with zero attached hydrogens (tertiary/aromatic N) is 1. The number of anilines is 1. The number of hydrogen-bond acceptors (Lipinski definition) is 2. The summed E-state index contributed by atoms with van der Waals surface area (Å²) in [6, 6.07) is 17.1. The molecule has 2 aromatic rings. The first-order valence-corrected chi connectivity index (χ1v) is 7.41. The minimum absolute atomic E-state index is 0.725. The second-order valence-corrected chi connectivity index (χ2v) is 5.94. The van der Waals surface area contributed by atoms with Gasteiger partial charge in [-0.15, -0.1) is 0 Å². The molecule has 2 aromatic carbocycles. The van der Waals surface area contributed by atoms with E-state index in [0.717, 1.165) is 29.8 Å². The average molecular weight is 287 g/mol. The molecule has 0 saturated heterocycles. The molecule has 3 heteroatoms. The molecule has 3 rings (SSSR count). The van der Waals surface area contributed by atoms with E-state index in [1.165, 1.54) is 24.0 Å². The molecule has 104 valence electrons. The van der Waals surface area contributed by atoms with Crippen LogP contribution in [0.1, 0.15) is 24.0 Å². The molecule has 2 N–H and O–H groups in total. The van der Waals surface area contributed by atoms with Crippen molar-refractivity contribution in [3.05, 3.63) is 64.7 Å². The lowest BCUT2D eigenvalue weighted by molar-refractivity contribution is 0.246. The number of nitrogen functional groups attached to an aromatic ring is 1. The number of benzene rings is 2. The fraction of sp³-hybridized carbons (Fsp3) is 0.294. The van der Waals surface area contributed by atoms with Crippen molar-refractivity contribution in [1.29, 1.82) is 0 Å². The van der Waals surface area contributed by atoms with E-state index in [9.17, 15) is 0 Å². The smallest absolute Gasteiger partial charge is 0.0406 e. The van der Waals surface area contributed by atoms with Crippen LogP contribution in [0.4, 0.5) is 5.69 Å². The highest BCUT2D eigenvalue weighted by Gasteiger charge is 2.28. The van der Waals surface area contributed by atoms with Crippen molar-refractivity contribution >= 4 is 17.3 Å². The summed E-state index contributed by atoms with van der Waals surface area (Å²) in [7, 11) is 0. The van der Waals surface area contributed by atoms with Crippen molar-refractivity contribution in [2.75, 3.05) is 5.73 Å². The number of hydrogen-bond donors (Lipinski definition) is 1. The molecule has 1 fully saturated rings. The second-order valence-electron chi connectivity index (χ2n) is 5.50. The molecule has 1 aliphatic rings. The maximum absolute atomic E-state index is 5.94. The molecule has 0 radical (unpaired) electrons. The number of rotatable bonds is 5. The van der Waals surface area contributed by atoms with Gasteiger partial charge in [-0.25, -0.2) is 0 Å². The minimum Gasteiger partial charge on any atom is -0.399 e. The lowest BCUT2D eigenvalue weighted by Crippen LogP contribution is -2.25. The molecular formula is C17H19ClN2. The van der Waals surface area contributed by atoms with Gasteiger partial charge in [0.25, 0.3) is 0 Å². The normalized spacial score (nSPS) is 14.7. The van der Waals surface area contributed by atoms with Crippen LogP contribution in [-0.4, -0.2) is 10.9 Å². The summed E-state index contributed by atoms with van der Waals surface area (Å²) in [6.07, 6.45) is 2.62. The standard InChI is InChI=1S/C17H19ClN2/c18-15-5-1-13(2-6-15)11-20(17-9-10-17)12-14-3-7-16(19)8-4-14/h1-8,17H,9-12,19H2. The predicted octanol–water partition coefficient (Wildman–Crippen LogP) is 4.09. The Kier molecular flexibility index (Phi) is 3.95. The zero-order chi connectivity index (χ0) is 13.9. The summed E-state index contributed by atoms with van der Waals surface area (Å²) in [5.74, 6) is 0. The highest BCUT2D eigenvalue weighted by atomic mass is 35.5. The fourth-order valence-corrected chi connectivity index (χ4v) is 2.56. The fourth-order valence-electron chi connectivity index (χ4n) is 2.44. The first-order valence-electron chi connectivity index (χ1n) is 7.03. The molecule has 1 aliphatic carbocycles. The van der Waals surface area contributed by atoms with Crippen molar-refractivity contribution in [2.24, 2.45) is 0 Å². The van der Waals surface area contributed by atoms with Gasteiger partial charge in [-0.2, -0.15) is 0 Å². The van der Waals surface area contributed by atoms with Gasteiger partial charge in [0, 0.05) is 29.8 Å². The third kappa shape index (κ3) is 3.53. The van der Waals surface area contributed by atoms with Crippen molar-refractivity contribution in [1.82, 2.24) is 4.90 Å². The van der Waals surface area contributed by atoms with E-state index < -0.39 is 0 Å². The summed E-state index contributed by atoms with van der Waals surface area (Å²) < 4.78 is 0. The van der Waals surface area contributed by atoms with Gasteiger partial charge in [-0.1, -0.05) is 35.9 Å².